The SMILES string of the molecule is CCCCCC(=O)CCCCCCCCCCCCCCCCCCCCO. The van der Waals surface area contributed by atoms with Crippen LogP contribution in [0.2, 0.25) is 0 Å². The van der Waals surface area contributed by atoms with E-state index in [1.54, 1.807) is 0 Å². The zero-order valence-corrected chi connectivity index (χ0v) is 19.3. The minimum Gasteiger partial charge on any atom is -0.396 e. The predicted molar refractivity (Wildman–Crippen MR) is 124 cm³/mol. The van der Waals surface area contributed by atoms with Crippen LogP contribution >= 0.6 is 0 Å². The Balaban J connectivity index is 3.06. The number of ketones is 1. The van der Waals surface area contributed by atoms with Crippen LogP contribution in [-0.4, -0.2) is 17.5 Å². The molecule has 0 unspecified atom stereocenters. The summed E-state index contributed by atoms with van der Waals surface area (Å²) in [4.78, 5) is 11.7. The Bertz CT molecular complexity index is 301. The van der Waals surface area contributed by atoms with Gasteiger partial charge in [0.25, 0.3) is 0 Å². The molecule has 0 spiro atoms. The Morgan fingerprint density at radius 3 is 1.07 bits per heavy atom. The average molecular weight is 397 g/mol. The number of unbranched alkanes of at least 4 members (excludes halogenated alkanes) is 19. The topological polar surface area (TPSA) is 37.3 Å². The van der Waals surface area contributed by atoms with Gasteiger partial charge in [-0.2, -0.15) is 0 Å². The highest BCUT2D eigenvalue weighted by Gasteiger charge is 2.01. The van der Waals surface area contributed by atoms with Gasteiger partial charge in [-0.1, -0.05) is 122 Å². The number of hydrogen-bond acceptors (Lipinski definition) is 2. The number of aliphatic hydroxyl groups is 1. The lowest BCUT2D eigenvalue weighted by atomic mass is 10.0. The first-order valence-electron chi connectivity index (χ1n) is 12.9. The highest BCUT2D eigenvalue weighted by molar-refractivity contribution is 5.78. The maximum absolute atomic E-state index is 11.7. The Kier molecular flexibility index (Phi) is 24.3. The monoisotopic (exact) mass is 396 g/mol. The molecule has 0 rings (SSSR count). The lowest BCUT2D eigenvalue weighted by Crippen LogP contribution is -1.97. The quantitative estimate of drug-likeness (QED) is 0.166. The normalized spacial score (nSPS) is 11.2. The second kappa shape index (κ2) is 24.7. The van der Waals surface area contributed by atoms with Gasteiger partial charge in [-0.05, 0) is 19.3 Å². The Morgan fingerprint density at radius 2 is 0.750 bits per heavy atom. The lowest BCUT2D eigenvalue weighted by Gasteiger charge is -2.04. The van der Waals surface area contributed by atoms with Crippen molar-refractivity contribution < 1.29 is 9.90 Å². The Hall–Kier alpha value is -0.370. The molecule has 0 heterocycles. The van der Waals surface area contributed by atoms with Crippen molar-refractivity contribution in [3.63, 3.8) is 0 Å². The first kappa shape index (κ1) is 27.6. The molecule has 0 bridgehead atoms. The summed E-state index contributed by atoms with van der Waals surface area (Å²) in [6, 6.07) is 0. The van der Waals surface area contributed by atoms with Crippen LogP contribution in [0, 0.1) is 0 Å². The van der Waals surface area contributed by atoms with Gasteiger partial charge < -0.3 is 5.11 Å². The van der Waals surface area contributed by atoms with Gasteiger partial charge in [0.2, 0.25) is 0 Å². The van der Waals surface area contributed by atoms with Gasteiger partial charge in [0.05, 0.1) is 0 Å². The van der Waals surface area contributed by atoms with Crippen LogP contribution in [0.3, 0.4) is 0 Å². The zero-order chi connectivity index (χ0) is 20.5. The van der Waals surface area contributed by atoms with Crippen molar-refractivity contribution in [2.24, 2.45) is 0 Å². The van der Waals surface area contributed by atoms with Gasteiger partial charge in [-0.25, -0.2) is 0 Å². The lowest BCUT2D eigenvalue weighted by molar-refractivity contribution is -0.119. The van der Waals surface area contributed by atoms with Crippen LogP contribution < -0.4 is 0 Å². The predicted octanol–water partition coefficient (Wildman–Crippen LogP) is 8.54. The first-order valence-corrected chi connectivity index (χ1v) is 12.9. The summed E-state index contributed by atoms with van der Waals surface area (Å²) in [5, 5.41) is 8.74. The van der Waals surface area contributed by atoms with Gasteiger partial charge in [0.1, 0.15) is 5.78 Å². The summed E-state index contributed by atoms with van der Waals surface area (Å²) in [5.74, 6) is 0.492. The van der Waals surface area contributed by atoms with Crippen LogP contribution in [-0.2, 0) is 4.79 Å². The molecule has 168 valence electrons. The second-order valence-corrected chi connectivity index (χ2v) is 8.83. The van der Waals surface area contributed by atoms with E-state index < -0.39 is 0 Å². The van der Waals surface area contributed by atoms with E-state index in [1.807, 2.05) is 0 Å². The number of aliphatic hydroxyl groups excluding tert-OH is 1. The van der Waals surface area contributed by atoms with E-state index in [0.717, 1.165) is 32.1 Å². The Labute approximate surface area is 177 Å². The van der Waals surface area contributed by atoms with Crippen molar-refractivity contribution in [3.8, 4) is 0 Å². The van der Waals surface area contributed by atoms with E-state index in [2.05, 4.69) is 6.92 Å². The van der Waals surface area contributed by atoms with E-state index in [9.17, 15) is 4.79 Å². The largest absolute Gasteiger partial charge is 0.396 e. The maximum atomic E-state index is 11.7. The van der Waals surface area contributed by atoms with Crippen LogP contribution in [0.1, 0.15) is 155 Å². The molecular weight excluding hydrogens is 344 g/mol. The van der Waals surface area contributed by atoms with E-state index in [0.29, 0.717) is 12.4 Å². The molecule has 0 radical (unpaired) electrons. The van der Waals surface area contributed by atoms with Crippen LogP contribution in [0.4, 0.5) is 0 Å². The molecule has 1 N–H and O–H groups in total. The fourth-order valence-corrected chi connectivity index (χ4v) is 3.96. The van der Waals surface area contributed by atoms with Crippen LogP contribution in [0.5, 0.6) is 0 Å². The second-order valence-electron chi connectivity index (χ2n) is 8.83. The molecule has 2 nitrogen and oxygen atoms in total. The molecule has 0 amide bonds. The molecule has 0 atom stereocenters. The molecule has 2 heteroatoms. The van der Waals surface area contributed by atoms with Gasteiger partial charge in [0, 0.05) is 19.4 Å². The average Bonchev–Trinajstić information content (AvgIpc) is 2.70. The molecule has 0 saturated carbocycles. The van der Waals surface area contributed by atoms with E-state index in [-0.39, 0.29) is 0 Å². The van der Waals surface area contributed by atoms with Gasteiger partial charge in [0.15, 0.2) is 0 Å². The van der Waals surface area contributed by atoms with E-state index in [1.165, 1.54) is 116 Å². The van der Waals surface area contributed by atoms with Crippen molar-refractivity contribution in [1.29, 1.82) is 0 Å². The van der Waals surface area contributed by atoms with Crippen molar-refractivity contribution in [1.82, 2.24) is 0 Å². The molecule has 0 aliphatic carbocycles. The van der Waals surface area contributed by atoms with E-state index in [4.69, 9.17) is 5.11 Å². The highest BCUT2D eigenvalue weighted by Crippen LogP contribution is 2.15. The summed E-state index contributed by atoms with van der Waals surface area (Å²) < 4.78 is 0. The molecule has 0 aromatic carbocycles. The summed E-state index contributed by atoms with van der Waals surface area (Å²) in [7, 11) is 0. The zero-order valence-electron chi connectivity index (χ0n) is 19.3. The van der Waals surface area contributed by atoms with Gasteiger partial charge >= 0.3 is 0 Å². The number of carbonyl (C=O) groups excluding carboxylic acids is 1. The van der Waals surface area contributed by atoms with Crippen molar-refractivity contribution in [3.05, 3.63) is 0 Å². The van der Waals surface area contributed by atoms with E-state index >= 15 is 0 Å². The van der Waals surface area contributed by atoms with Gasteiger partial charge in [-0.3, -0.25) is 4.79 Å². The van der Waals surface area contributed by atoms with Crippen LogP contribution in [0.25, 0.3) is 0 Å². The van der Waals surface area contributed by atoms with Crippen molar-refractivity contribution in [2.75, 3.05) is 6.61 Å². The van der Waals surface area contributed by atoms with Gasteiger partial charge in [-0.15, -0.1) is 0 Å². The fourth-order valence-electron chi connectivity index (χ4n) is 3.96. The minimum absolute atomic E-state index is 0.363. The molecule has 0 saturated heterocycles. The summed E-state index contributed by atoms with van der Waals surface area (Å²) in [5.41, 5.74) is 0. The standard InChI is InChI=1S/C26H52O2/c1-2-3-20-23-26(28)24-21-18-16-14-12-10-8-6-4-5-7-9-11-13-15-17-19-22-25-27/h27H,2-25H2,1H3. The molecular formula is C26H52O2. The third-order valence-electron chi connectivity index (χ3n) is 5.92. The number of rotatable bonds is 24. The molecule has 28 heavy (non-hydrogen) atoms. The first-order chi connectivity index (χ1) is 13.8. The summed E-state index contributed by atoms with van der Waals surface area (Å²) in [6.07, 6.45) is 29.2. The van der Waals surface area contributed by atoms with Crippen molar-refractivity contribution in [2.45, 2.75) is 155 Å². The van der Waals surface area contributed by atoms with Crippen molar-refractivity contribution >= 4 is 5.78 Å². The molecule has 0 aromatic rings. The third kappa shape index (κ3) is 23.7. The third-order valence-corrected chi connectivity index (χ3v) is 5.92. The molecule has 0 aliphatic heterocycles. The summed E-state index contributed by atoms with van der Waals surface area (Å²) >= 11 is 0. The maximum Gasteiger partial charge on any atom is 0.132 e. The smallest absolute Gasteiger partial charge is 0.132 e. The number of hydrogen-bond donors (Lipinski definition) is 1. The summed E-state index contributed by atoms with van der Waals surface area (Å²) in [6.45, 7) is 2.55. The number of Topliss-reactive ketones (excluding diaryl/α,β-unsaturated/α-hetero) is 1. The highest BCUT2D eigenvalue weighted by atomic mass is 16.2. The minimum atomic E-state index is 0.363. The molecule has 0 aliphatic rings. The number of carbonyl (C=O) groups is 1. The van der Waals surface area contributed by atoms with Crippen LogP contribution in [0.15, 0.2) is 0 Å². The Morgan fingerprint density at radius 1 is 0.464 bits per heavy atom. The fraction of sp³-hybridized carbons (Fsp3) is 0.962. The molecule has 0 fully saturated rings. The molecule has 0 aromatic heterocycles.